The van der Waals surface area contributed by atoms with Crippen molar-refractivity contribution in [2.75, 3.05) is 7.05 Å². The molecule has 0 saturated carbocycles. The minimum absolute atomic E-state index is 0.126. The summed E-state index contributed by atoms with van der Waals surface area (Å²) in [5.41, 5.74) is 2.71. The van der Waals surface area contributed by atoms with Crippen molar-refractivity contribution in [2.45, 2.75) is 36.9 Å². The SMILES string of the molecule is CNC(C)c1ccc(Sc2nc(C)cc(C)n2)c(F)c1. The average molecular weight is 291 g/mol. The van der Waals surface area contributed by atoms with Gasteiger partial charge in [0.2, 0.25) is 0 Å². The fraction of sp³-hybridized carbons (Fsp3) is 0.333. The molecule has 1 atom stereocenters. The molecule has 20 heavy (non-hydrogen) atoms. The molecule has 106 valence electrons. The lowest BCUT2D eigenvalue weighted by Crippen LogP contribution is -2.12. The Morgan fingerprint density at radius 3 is 2.35 bits per heavy atom. The Morgan fingerprint density at radius 1 is 1.15 bits per heavy atom. The van der Waals surface area contributed by atoms with Crippen LogP contribution in [0, 0.1) is 19.7 Å². The topological polar surface area (TPSA) is 37.8 Å². The maximum absolute atomic E-state index is 14.1. The van der Waals surface area contributed by atoms with Crippen LogP contribution in [0.25, 0.3) is 0 Å². The highest BCUT2D eigenvalue weighted by molar-refractivity contribution is 7.99. The largest absolute Gasteiger partial charge is 0.313 e. The van der Waals surface area contributed by atoms with E-state index in [1.165, 1.54) is 11.8 Å². The third kappa shape index (κ3) is 3.55. The molecule has 0 amide bonds. The van der Waals surface area contributed by atoms with Crippen molar-refractivity contribution in [2.24, 2.45) is 0 Å². The van der Waals surface area contributed by atoms with E-state index in [1.807, 2.05) is 40.0 Å². The van der Waals surface area contributed by atoms with Crippen LogP contribution in [-0.2, 0) is 0 Å². The minimum atomic E-state index is -0.239. The van der Waals surface area contributed by atoms with E-state index in [1.54, 1.807) is 12.1 Å². The summed E-state index contributed by atoms with van der Waals surface area (Å²) in [4.78, 5) is 9.18. The molecule has 0 bridgehead atoms. The molecule has 1 aromatic heterocycles. The quantitative estimate of drug-likeness (QED) is 0.872. The van der Waals surface area contributed by atoms with Gasteiger partial charge >= 0.3 is 0 Å². The lowest BCUT2D eigenvalue weighted by molar-refractivity contribution is 0.587. The van der Waals surface area contributed by atoms with Gasteiger partial charge in [-0.15, -0.1) is 0 Å². The summed E-state index contributed by atoms with van der Waals surface area (Å²) in [5.74, 6) is -0.239. The maximum atomic E-state index is 14.1. The maximum Gasteiger partial charge on any atom is 0.192 e. The average Bonchev–Trinajstić information content (AvgIpc) is 2.39. The second-order valence-corrected chi connectivity index (χ2v) is 5.74. The molecule has 0 fully saturated rings. The van der Waals surface area contributed by atoms with Gasteiger partial charge in [0.05, 0.1) is 4.90 Å². The Bertz CT molecular complexity index is 596. The molecule has 0 aliphatic rings. The molecule has 0 aliphatic carbocycles. The standard InChI is InChI=1S/C15H18FN3S/c1-9-7-10(2)19-15(18-9)20-14-6-5-12(8-13(14)16)11(3)17-4/h5-8,11,17H,1-4H3. The van der Waals surface area contributed by atoms with Crippen molar-refractivity contribution >= 4 is 11.8 Å². The van der Waals surface area contributed by atoms with Crippen molar-refractivity contribution < 1.29 is 4.39 Å². The van der Waals surface area contributed by atoms with Crippen LogP contribution < -0.4 is 5.32 Å². The van der Waals surface area contributed by atoms with Crippen LogP contribution in [0.2, 0.25) is 0 Å². The third-order valence-electron chi connectivity index (χ3n) is 3.05. The Balaban J connectivity index is 2.25. The molecule has 1 aromatic carbocycles. The van der Waals surface area contributed by atoms with E-state index in [2.05, 4.69) is 15.3 Å². The van der Waals surface area contributed by atoms with Gasteiger partial charge in [-0.3, -0.25) is 0 Å². The molecule has 5 heteroatoms. The van der Waals surface area contributed by atoms with Gasteiger partial charge in [-0.05, 0) is 63.3 Å². The van der Waals surface area contributed by atoms with Gasteiger partial charge in [0, 0.05) is 17.4 Å². The molecular weight excluding hydrogens is 273 g/mol. The van der Waals surface area contributed by atoms with E-state index in [-0.39, 0.29) is 11.9 Å². The summed E-state index contributed by atoms with van der Waals surface area (Å²) >= 11 is 1.25. The molecule has 0 spiro atoms. The van der Waals surface area contributed by atoms with Crippen LogP contribution >= 0.6 is 11.8 Å². The zero-order chi connectivity index (χ0) is 14.7. The zero-order valence-electron chi connectivity index (χ0n) is 12.1. The number of rotatable bonds is 4. The molecule has 1 heterocycles. The van der Waals surface area contributed by atoms with Gasteiger partial charge in [-0.25, -0.2) is 14.4 Å². The minimum Gasteiger partial charge on any atom is -0.313 e. The van der Waals surface area contributed by atoms with Gasteiger partial charge < -0.3 is 5.32 Å². The lowest BCUT2D eigenvalue weighted by Gasteiger charge is -2.12. The van der Waals surface area contributed by atoms with Gasteiger partial charge in [0.1, 0.15) is 5.82 Å². The fourth-order valence-corrected chi connectivity index (χ4v) is 2.74. The summed E-state index contributed by atoms with van der Waals surface area (Å²) in [5, 5.41) is 3.67. The predicted octanol–water partition coefficient (Wildman–Crippen LogP) is 3.66. The van der Waals surface area contributed by atoms with Gasteiger partial charge in [-0.1, -0.05) is 6.07 Å². The van der Waals surface area contributed by atoms with E-state index in [0.717, 1.165) is 17.0 Å². The predicted molar refractivity (Wildman–Crippen MR) is 79.5 cm³/mol. The Labute approximate surface area is 123 Å². The molecule has 2 rings (SSSR count). The van der Waals surface area contributed by atoms with Crippen LogP contribution in [0.1, 0.15) is 29.9 Å². The number of hydrogen-bond donors (Lipinski definition) is 1. The van der Waals surface area contributed by atoms with E-state index in [4.69, 9.17) is 0 Å². The smallest absolute Gasteiger partial charge is 0.192 e. The molecular formula is C15H18FN3S. The molecule has 1 unspecified atom stereocenters. The highest BCUT2D eigenvalue weighted by Crippen LogP contribution is 2.29. The first kappa shape index (κ1) is 14.9. The summed E-state index contributed by atoms with van der Waals surface area (Å²) in [6, 6.07) is 7.30. The van der Waals surface area contributed by atoms with Gasteiger partial charge in [0.15, 0.2) is 5.16 Å². The molecule has 0 radical (unpaired) electrons. The van der Waals surface area contributed by atoms with E-state index in [0.29, 0.717) is 10.1 Å². The van der Waals surface area contributed by atoms with Crippen molar-refractivity contribution in [3.8, 4) is 0 Å². The van der Waals surface area contributed by atoms with Gasteiger partial charge in [-0.2, -0.15) is 0 Å². The van der Waals surface area contributed by atoms with Gasteiger partial charge in [0.25, 0.3) is 0 Å². The number of halogens is 1. The second-order valence-electron chi connectivity index (χ2n) is 4.74. The normalized spacial score (nSPS) is 12.4. The monoisotopic (exact) mass is 291 g/mol. The van der Waals surface area contributed by atoms with E-state index >= 15 is 0 Å². The Hall–Kier alpha value is -1.46. The first-order chi connectivity index (χ1) is 9.49. The van der Waals surface area contributed by atoms with Crippen LogP contribution in [0.15, 0.2) is 34.3 Å². The molecule has 3 nitrogen and oxygen atoms in total. The highest BCUT2D eigenvalue weighted by Gasteiger charge is 2.10. The fourth-order valence-electron chi connectivity index (χ4n) is 1.87. The Kier molecular flexibility index (Phi) is 4.73. The highest BCUT2D eigenvalue weighted by atomic mass is 32.2. The zero-order valence-corrected chi connectivity index (χ0v) is 12.9. The summed E-state index contributed by atoms with van der Waals surface area (Å²) < 4.78 is 14.1. The molecule has 2 aromatic rings. The lowest BCUT2D eigenvalue weighted by atomic mass is 10.1. The number of hydrogen-bond acceptors (Lipinski definition) is 4. The number of benzene rings is 1. The van der Waals surface area contributed by atoms with Crippen molar-refractivity contribution in [1.29, 1.82) is 0 Å². The number of aryl methyl sites for hydroxylation is 2. The summed E-state index contributed by atoms with van der Waals surface area (Å²) in [7, 11) is 1.86. The summed E-state index contributed by atoms with van der Waals surface area (Å²) in [6.07, 6.45) is 0. The van der Waals surface area contributed by atoms with Crippen LogP contribution in [0.3, 0.4) is 0 Å². The number of nitrogens with one attached hydrogen (secondary N) is 1. The molecule has 1 N–H and O–H groups in total. The summed E-state index contributed by atoms with van der Waals surface area (Å²) in [6.45, 7) is 5.81. The molecule has 0 aliphatic heterocycles. The third-order valence-corrected chi connectivity index (χ3v) is 3.97. The van der Waals surface area contributed by atoms with Crippen molar-refractivity contribution in [3.63, 3.8) is 0 Å². The van der Waals surface area contributed by atoms with Crippen molar-refractivity contribution in [1.82, 2.24) is 15.3 Å². The number of nitrogens with zero attached hydrogens (tertiary/aromatic N) is 2. The van der Waals surface area contributed by atoms with E-state index < -0.39 is 0 Å². The second kappa shape index (κ2) is 6.33. The Morgan fingerprint density at radius 2 is 1.80 bits per heavy atom. The number of aromatic nitrogens is 2. The first-order valence-corrected chi connectivity index (χ1v) is 7.28. The van der Waals surface area contributed by atoms with E-state index in [9.17, 15) is 4.39 Å². The van der Waals surface area contributed by atoms with Crippen LogP contribution in [-0.4, -0.2) is 17.0 Å². The van der Waals surface area contributed by atoms with Crippen LogP contribution in [0.4, 0.5) is 4.39 Å². The first-order valence-electron chi connectivity index (χ1n) is 6.46. The van der Waals surface area contributed by atoms with Crippen LogP contribution in [0.5, 0.6) is 0 Å². The molecule has 0 saturated heterocycles. The van der Waals surface area contributed by atoms with Crippen molar-refractivity contribution in [3.05, 3.63) is 47.0 Å².